The van der Waals surface area contributed by atoms with E-state index < -0.39 is 0 Å². The second-order valence-corrected chi connectivity index (χ2v) is 5.29. The van der Waals surface area contributed by atoms with Gasteiger partial charge in [-0.3, -0.25) is 4.79 Å². The number of benzene rings is 1. The lowest BCUT2D eigenvalue weighted by Gasteiger charge is -2.14. The van der Waals surface area contributed by atoms with E-state index in [1.54, 1.807) is 12.1 Å². The number of rotatable bonds is 4. The van der Waals surface area contributed by atoms with E-state index in [0.717, 1.165) is 5.56 Å². The number of hydrogen-bond donors (Lipinski definition) is 2. The van der Waals surface area contributed by atoms with E-state index in [-0.39, 0.29) is 23.4 Å². The van der Waals surface area contributed by atoms with E-state index in [9.17, 15) is 4.79 Å². The molecule has 3 N–H and O–H groups in total. The number of hydrogen-bond acceptors (Lipinski definition) is 5. The van der Waals surface area contributed by atoms with Gasteiger partial charge >= 0.3 is 0 Å². The van der Waals surface area contributed by atoms with Gasteiger partial charge < -0.3 is 20.0 Å². The number of aryl methyl sites for hydroxylation is 1. The molecule has 0 saturated heterocycles. The highest BCUT2D eigenvalue weighted by atomic mass is 16.5. The third-order valence-corrected chi connectivity index (χ3v) is 3.57. The summed E-state index contributed by atoms with van der Waals surface area (Å²) in [6, 6.07) is 13.0. The Morgan fingerprint density at radius 1 is 1.22 bits per heavy atom. The zero-order chi connectivity index (χ0) is 16.4. The predicted octanol–water partition coefficient (Wildman–Crippen LogP) is 3.32. The average molecular weight is 311 g/mol. The van der Waals surface area contributed by atoms with E-state index in [1.807, 2.05) is 44.2 Å². The summed E-state index contributed by atoms with van der Waals surface area (Å²) >= 11 is 0. The molecule has 6 nitrogen and oxygen atoms in total. The number of carbonyl (C=O) groups is 1. The maximum absolute atomic E-state index is 12.6. The van der Waals surface area contributed by atoms with E-state index in [4.69, 9.17) is 14.7 Å². The van der Waals surface area contributed by atoms with Gasteiger partial charge in [0.05, 0.1) is 6.04 Å². The average Bonchev–Trinajstić information content (AvgIpc) is 3.13. The second-order valence-electron chi connectivity index (χ2n) is 5.29. The van der Waals surface area contributed by atoms with E-state index in [1.165, 1.54) is 0 Å². The molecule has 0 spiro atoms. The third-order valence-electron chi connectivity index (χ3n) is 3.57. The van der Waals surface area contributed by atoms with Gasteiger partial charge in [0.1, 0.15) is 11.3 Å². The summed E-state index contributed by atoms with van der Waals surface area (Å²) in [5, 5.41) is 6.74. The van der Waals surface area contributed by atoms with Crippen LogP contribution in [0.2, 0.25) is 0 Å². The first-order chi connectivity index (χ1) is 11.1. The number of nitrogens with one attached hydrogen (secondary N) is 1. The Labute approximate surface area is 133 Å². The topological polar surface area (TPSA) is 94.3 Å². The first kappa shape index (κ1) is 14.9. The van der Waals surface area contributed by atoms with Crippen LogP contribution in [-0.4, -0.2) is 11.1 Å². The van der Waals surface area contributed by atoms with Gasteiger partial charge in [-0.15, -0.1) is 0 Å². The minimum absolute atomic E-state index is 0.0354. The molecule has 23 heavy (non-hydrogen) atoms. The van der Waals surface area contributed by atoms with Crippen LogP contribution in [0.1, 0.15) is 34.6 Å². The molecule has 1 unspecified atom stereocenters. The summed E-state index contributed by atoms with van der Waals surface area (Å²) < 4.78 is 10.5. The van der Waals surface area contributed by atoms with Crippen molar-refractivity contribution in [3.05, 3.63) is 59.4 Å². The lowest BCUT2D eigenvalue weighted by atomic mass is 10.1. The van der Waals surface area contributed by atoms with E-state index in [0.29, 0.717) is 17.2 Å². The fraction of sp³-hybridized carbons (Fsp3) is 0.176. The SMILES string of the molecule is Cc1ccc(-c2noc(N)c2C(=O)NC(C)c2ccccc2)o1. The van der Waals surface area contributed by atoms with Crippen LogP contribution in [0.3, 0.4) is 0 Å². The fourth-order valence-electron chi connectivity index (χ4n) is 2.35. The Morgan fingerprint density at radius 2 is 1.96 bits per heavy atom. The summed E-state index contributed by atoms with van der Waals surface area (Å²) in [6.07, 6.45) is 0. The van der Waals surface area contributed by atoms with Gasteiger partial charge in [0.25, 0.3) is 5.91 Å². The number of nitrogen functional groups attached to an aromatic ring is 1. The molecule has 1 amide bonds. The first-order valence-electron chi connectivity index (χ1n) is 7.24. The molecule has 0 aliphatic carbocycles. The summed E-state index contributed by atoms with van der Waals surface area (Å²) in [6.45, 7) is 3.71. The molecule has 1 aromatic carbocycles. The maximum Gasteiger partial charge on any atom is 0.259 e. The largest absolute Gasteiger partial charge is 0.460 e. The van der Waals surface area contributed by atoms with Gasteiger partial charge in [0.15, 0.2) is 11.5 Å². The van der Waals surface area contributed by atoms with Crippen LogP contribution in [0.15, 0.2) is 51.4 Å². The number of amides is 1. The molecule has 0 saturated carbocycles. The molecule has 0 aliphatic rings. The fourth-order valence-corrected chi connectivity index (χ4v) is 2.35. The van der Waals surface area contributed by atoms with Gasteiger partial charge in [-0.1, -0.05) is 35.5 Å². The summed E-state index contributed by atoms with van der Waals surface area (Å²) in [5.41, 5.74) is 7.24. The van der Waals surface area contributed by atoms with E-state index >= 15 is 0 Å². The van der Waals surface area contributed by atoms with Crippen LogP contribution in [0, 0.1) is 6.92 Å². The predicted molar refractivity (Wildman–Crippen MR) is 85.7 cm³/mol. The van der Waals surface area contributed by atoms with Crippen molar-refractivity contribution in [2.45, 2.75) is 19.9 Å². The molecule has 1 atom stereocenters. The molecule has 0 bridgehead atoms. The zero-order valence-electron chi connectivity index (χ0n) is 12.9. The van der Waals surface area contributed by atoms with Crippen molar-refractivity contribution >= 4 is 11.8 Å². The highest BCUT2D eigenvalue weighted by molar-refractivity contribution is 6.03. The van der Waals surface area contributed by atoms with Crippen LogP contribution in [0.25, 0.3) is 11.5 Å². The maximum atomic E-state index is 12.6. The molecular formula is C17H17N3O3. The highest BCUT2D eigenvalue weighted by Crippen LogP contribution is 2.29. The Bertz CT molecular complexity index is 821. The Hall–Kier alpha value is -3.02. The minimum atomic E-state index is -0.357. The standard InChI is InChI=1S/C17H17N3O3/c1-10-8-9-13(22-10)15-14(16(18)23-20-15)17(21)19-11(2)12-6-4-3-5-7-12/h3-9,11H,18H2,1-2H3,(H,19,21). The zero-order valence-corrected chi connectivity index (χ0v) is 12.9. The molecule has 3 aromatic rings. The molecule has 0 aliphatic heterocycles. The molecule has 0 radical (unpaired) electrons. The van der Waals surface area contributed by atoms with Crippen molar-refractivity contribution in [2.75, 3.05) is 5.73 Å². The quantitative estimate of drug-likeness (QED) is 0.770. The first-order valence-corrected chi connectivity index (χ1v) is 7.24. The van der Waals surface area contributed by atoms with Crippen LogP contribution >= 0.6 is 0 Å². The molecule has 6 heteroatoms. The smallest absolute Gasteiger partial charge is 0.259 e. The molecule has 118 valence electrons. The van der Waals surface area contributed by atoms with Gasteiger partial charge in [-0.2, -0.15) is 0 Å². The molecule has 2 heterocycles. The van der Waals surface area contributed by atoms with Crippen LogP contribution < -0.4 is 11.1 Å². The van der Waals surface area contributed by atoms with Gasteiger partial charge in [-0.05, 0) is 31.5 Å². The number of carbonyl (C=O) groups excluding carboxylic acids is 1. The minimum Gasteiger partial charge on any atom is -0.460 e. The molecule has 3 rings (SSSR count). The summed E-state index contributed by atoms with van der Waals surface area (Å²) in [4.78, 5) is 12.6. The number of aromatic nitrogens is 1. The Balaban J connectivity index is 1.87. The summed E-state index contributed by atoms with van der Waals surface area (Å²) in [5.74, 6) is 0.766. The van der Waals surface area contributed by atoms with Crippen molar-refractivity contribution in [3.63, 3.8) is 0 Å². The number of nitrogens with two attached hydrogens (primary N) is 1. The van der Waals surface area contributed by atoms with Crippen LogP contribution in [0.5, 0.6) is 0 Å². The van der Waals surface area contributed by atoms with Crippen LogP contribution in [-0.2, 0) is 0 Å². The lowest BCUT2D eigenvalue weighted by molar-refractivity contribution is 0.0941. The third kappa shape index (κ3) is 2.96. The highest BCUT2D eigenvalue weighted by Gasteiger charge is 2.25. The molecule has 2 aromatic heterocycles. The van der Waals surface area contributed by atoms with Crippen LogP contribution in [0.4, 0.5) is 5.88 Å². The van der Waals surface area contributed by atoms with Gasteiger partial charge in [0.2, 0.25) is 5.88 Å². The number of nitrogens with zero attached hydrogens (tertiary/aromatic N) is 1. The van der Waals surface area contributed by atoms with Crippen molar-refractivity contribution in [2.24, 2.45) is 0 Å². The normalized spacial score (nSPS) is 12.1. The lowest BCUT2D eigenvalue weighted by Crippen LogP contribution is -2.27. The Morgan fingerprint density at radius 3 is 2.61 bits per heavy atom. The van der Waals surface area contributed by atoms with Crippen molar-refractivity contribution in [3.8, 4) is 11.5 Å². The summed E-state index contributed by atoms with van der Waals surface area (Å²) in [7, 11) is 0. The monoisotopic (exact) mass is 311 g/mol. The van der Waals surface area contributed by atoms with Gasteiger partial charge in [0, 0.05) is 0 Å². The molecular weight excluding hydrogens is 294 g/mol. The molecule has 0 fully saturated rings. The van der Waals surface area contributed by atoms with E-state index in [2.05, 4.69) is 10.5 Å². The van der Waals surface area contributed by atoms with Crippen molar-refractivity contribution < 1.29 is 13.7 Å². The van der Waals surface area contributed by atoms with Crippen molar-refractivity contribution in [1.82, 2.24) is 10.5 Å². The number of furan rings is 1. The van der Waals surface area contributed by atoms with Crippen molar-refractivity contribution in [1.29, 1.82) is 0 Å². The van der Waals surface area contributed by atoms with Gasteiger partial charge in [-0.25, -0.2) is 0 Å². The Kier molecular flexibility index (Phi) is 3.89. The number of anilines is 1. The second kappa shape index (κ2) is 6.00.